The molecule has 0 aliphatic heterocycles. The zero-order valence-electron chi connectivity index (χ0n) is 12.3. The molecule has 1 heterocycles. The van der Waals surface area contributed by atoms with E-state index in [0.717, 1.165) is 5.56 Å². The summed E-state index contributed by atoms with van der Waals surface area (Å²) in [6, 6.07) is 11.4. The molecule has 5 N–H and O–H groups in total. The molecule has 6 heteroatoms. The quantitative estimate of drug-likeness (QED) is 0.478. The Hall–Kier alpha value is -2.18. The van der Waals surface area contributed by atoms with Crippen molar-refractivity contribution in [3.8, 4) is 11.4 Å². The summed E-state index contributed by atoms with van der Waals surface area (Å²) in [5, 5.41) is 12.5. The van der Waals surface area contributed by atoms with E-state index in [1.54, 1.807) is 6.07 Å². The Morgan fingerprint density at radius 2 is 1.81 bits per heavy atom. The van der Waals surface area contributed by atoms with Gasteiger partial charge in [-0.1, -0.05) is 44.2 Å². The number of rotatable bonds is 6. The molecular weight excluding hydrogens is 266 g/mol. The van der Waals surface area contributed by atoms with E-state index in [2.05, 4.69) is 20.7 Å². The number of aliphatic hydroxyl groups excluding tert-OH is 1. The lowest BCUT2D eigenvalue weighted by atomic mass is 9.95. The molecule has 0 spiro atoms. The number of benzene rings is 1. The van der Waals surface area contributed by atoms with Gasteiger partial charge in [-0.3, -0.25) is 0 Å². The lowest BCUT2D eigenvalue weighted by Gasteiger charge is -2.22. The Balaban J connectivity index is 2.26. The molecule has 0 atom stereocenters. The monoisotopic (exact) mass is 287 g/mol. The number of aromatic nitrogens is 2. The molecule has 1 aromatic carbocycles. The molecule has 1 aromatic heterocycles. The van der Waals surface area contributed by atoms with Crippen LogP contribution in [0.25, 0.3) is 11.4 Å². The van der Waals surface area contributed by atoms with Crippen molar-refractivity contribution in [3.05, 3.63) is 36.4 Å². The van der Waals surface area contributed by atoms with E-state index in [0.29, 0.717) is 24.0 Å². The number of hydrogen-bond acceptors (Lipinski definition) is 6. The van der Waals surface area contributed by atoms with Gasteiger partial charge >= 0.3 is 0 Å². The molecule has 112 valence electrons. The first kappa shape index (κ1) is 15.2. The molecule has 0 bridgehead atoms. The van der Waals surface area contributed by atoms with Crippen molar-refractivity contribution in [1.82, 2.24) is 9.97 Å². The van der Waals surface area contributed by atoms with Crippen LogP contribution in [-0.4, -0.2) is 28.2 Å². The number of nitrogens with two attached hydrogens (primary N) is 1. The summed E-state index contributed by atoms with van der Waals surface area (Å²) < 4.78 is 0. The summed E-state index contributed by atoms with van der Waals surface area (Å²) in [6.45, 7) is 4.64. The second kappa shape index (κ2) is 6.51. The summed E-state index contributed by atoms with van der Waals surface area (Å²) in [5.41, 5.74) is 3.24. The molecule has 21 heavy (non-hydrogen) atoms. The maximum atomic E-state index is 9.30. The van der Waals surface area contributed by atoms with Crippen molar-refractivity contribution in [2.24, 2.45) is 11.3 Å². The molecule has 0 fully saturated rings. The molecule has 0 aliphatic rings. The van der Waals surface area contributed by atoms with Crippen molar-refractivity contribution >= 4 is 11.6 Å². The van der Waals surface area contributed by atoms with Gasteiger partial charge in [0.2, 0.25) is 0 Å². The van der Waals surface area contributed by atoms with Gasteiger partial charge in [0.05, 0.1) is 0 Å². The minimum atomic E-state index is -0.228. The standard InChI is InChI=1S/C15H21N5O/c1-15(2,10-21)9-17-12-8-13(20-16)19-14(18-12)11-6-4-3-5-7-11/h3-8,21H,9-10,16H2,1-2H3,(H2,17,18,19,20). The van der Waals surface area contributed by atoms with E-state index < -0.39 is 0 Å². The molecule has 2 aromatic rings. The molecular formula is C15H21N5O. The third-order valence-corrected chi connectivity index (χ3v) is 3.08. The van der Waals surface area contributed by atoms with Crippen LogP contribution in [0.5, 0.6) is 0 Å². The van der Waals surface area contributed by atoms with Crippen molar-refractivity contribution in [2.75, 3.05) is 23.9 Å². The summed E-state index contributed by atoms with van der Waals surface area (Å²) in [5.74, 6) is 7.26. The Morgan fingerprint density at radius 3 is 2.43 bits per heavy atom. The van der Waals surface area contributed by atoms with E-state index in [4.69, 9.17) is 5.84 Å². The number of aliphatic hydroxyl groups is 1. The van der Waals surface area contributed by atoms with E-state index in [1.807, 2.05) is 44.2 Å². The van der Waals surface area contributed by atoms with Crippen LogP contribution in [0.15, 0.2) is 36.4 Å². The molecule has 0 saturated heterocycles. The van der Waals surface area contributed by atoms with Crippen LogP contribution in [0.4, 0.5) is 11.6 Å². The van der Waals surface area contributed by atoms with Crippen molar-refractivity contribution < 1.29 is 5.11 Å². The van der Waals surface area contributed by atoms with Gasteiger partial charge in [-0.25, -0.2) is 15.8 Å². The summed E-state index contributed by atoms with van der Waals surface area (Å²) in [7, 11) is 0. The van der Waals surface area contributed by atoms with E-state index in [1.165, 1.54) is 0 Å². The van der Waals surface area contributed by atoms with E-state index in [9.17, 15) is 5.11 Å². The first-order chi connectivity index (χ1) is 10.0. The Labute approximate surface area is 124 Å². The van der Waals surface area contributed by atoms with Crippen LogP contribution in [0.3, 0.4) is 0 Å². The Morgan fingerprint density at radius 1 is 1.14 bits per heavy atom. The topological polar surface area (TPSA) is 96.1 Å². The lowest BCUT2D eigenvalue weighted by molar-refractivity contribution is 0.170. The van der Waals surface area contributed by atoms with Gasteiger partial charge in [-0.2, -0.15) is 0 Å². The predicted octanol–water partition coefficient (Wildman–Crippen LogP) is 1.86. The zero-order valence-corrected chi connectivity index (χ0v) is 12.3. The third kappa shape index (κ3) is 4.14. The van der Waals surface area contributed by atoms with Gasteiger partial charge in [0, 0.05) is 30.2 Å². The highest BCUT2D eigenvalue weighted by Crippen LogP contribution is 2.21. The molecule has 6 nitrogen and oxygen atoms in total. The largest absolute Gasteiger partial charge is 0.396 e. The number of nitrogens with zero attached hydrogens (tertiary/aromatic N) is 2. The second-order valence-electron chi connectivity index (χ2n) is 5.65. The van der Waals surface area contributed by atoms with Gasteiger partial charge in [-0.15, -0.1) is 0 Å². The Kier molecular flexibility index (Phi) is 4.72. The summed E-state index contributed by atoms with van der Waals surface area (Å²) >= 11 is 0. The highest BCUT2D eigenvalue weighted by Gasteiger charge is 2.16. The summed E-state index contributed by atoms with van der Waals surface area (Å²) in [4.78, 5) is 8.84. The zero-order chi connectivity index (χ0) is 15.3. The highest BCUT2D eigenvalue weighted by molar-refractivity contribution is 5.60. The SMILES string of the molecule is CC(C)(CO)CNc1cc(NN)nc(-c2ccccc2)n1. The number of anilines is 2. The van der Waals surface area contributed by atoms with Crippen LogP contribution in [0, 0.1) is 5.41 Å². The van der Waals surface area contributed by atoms with Crippen molar-refractivity contribution in [2.45, 2.75) is 13.8 Å². The van der Waals surface area contributed by atoms with Crippen LogP contribution < -0.4 is 16.6 Å². The minimum Gasteiger partial charge on any atom is -0.396 e. The average Bonchev–Trinajstić information content (AvgIpc) is 2.53. The normalized spacial score (nSPS) is 11.2. The maximum absolute atomic E-state index is 9.30. The van der Waals surface area contributed by atoms with Gasteiger partial charge in [0.15, 0.2) is 5.82 Å². The van der Waals surface area contributed by atoms with Crippen LogP contribution >= 0.6 is 0 Å². The van der Waals surface area contributed by atoms with Crippen LogP contribution in [0.1, 0.15) is 13.8 Å². The Bertz CT molecular complexity index is 586. The van der Waals surface area contributed by atoms with Crippen LogP contribution in [0.2, 0.25) is 0 Å². The first-order valence-electron chi connectivity index (χ1n) is 6.80. The van der Waals surface area contributed by atoms with Crippen LogP contribution in [-0.2, 0) is 0 Å². The molecule has 0 saturated carbocycles. The fraction of sp³-hybridized carbons (Fsp3) is 0.333. The molecule has 0 aliphatic carbocycles. The number of hydrogen-bond donors (Lipinski definition) is 4. The second-order valence-corrected chi connectivity index (χ2v) is 5.65. The van der Waals surface area contributed by atoms with Gasteiger partial charge in [0.25, 0.3) is 0 Å². The van der Waals surface area contributed by atoms with Gasteiger partial charge in [-0.05, 0) is 0 Å². The van der Waals surface area contributed by atoms with Gasteiger partial charge in [0.1, 0.15) is 11.6 Å². The third-order valence-electron chi connectivity index (χ3n) is 3.08. The predicted molar refractivity (Wildman–Crippen MR) is 84.6 cm³/mol. The van der Waals surface area contributed by atoms with E-state index >= 15 is 0 Å². The molecule has 0 amide bonds. The first-order valence-corrected chi connectivity index (χ1v) is 6.80. The average molecular weight is 287 g/mol. The van der Waals surface area contributed by atoms with E-state index in [-0.39, 0.29) is 12.0 Å². The minimum absolute atomic E-state index is 0.0959. The smallest absolute Gasteiger partial charge is 0.163 e. The fourth-order valence-corrected chi connectivity index (χ4v) is 1.71. The number of hydrazine groups is 1. The molecule has 0 radical (unpaired) electrons. The molecule has 2 rings (SSSR count). The highest BCUT2D eigenvalue weighted by atomic mass is 16.3. The van der Waals surface area contributed by atoms with Crippen molar-refractivity contribution in [3.63, 3.8) is 0 Å². The number of nitrogens with one attached hydrogen (secondary N) is 2. The van der Waals surface area contributed by atoms with Crippen molar-refractivity contribution in [1.29, 1.82) is 0 Å². The lowest BCUT2D eigenvalue weighted by Crippen LogP contribution is -2.27. The van der Waals surface area contributed by atoms with Gasteiger partial charge < -0.3 is 15.8 Å². The summed E-state index contributed by atoms with van der Waals surface area (Å²) in [6.07, 6.45) is 0. The molecule has 0 unspecified atom stereocenters. The number of nitrogen functional groups attached to an aromatic ring is 1. The maximum Gasteiger partial charge on any atom is 0.163 e. The fourth-order valence-electron chi connectivity index (χ4n) is 1.71.